The summed E-state index contributed by atoms with van der Waals surface area (Å²) >= 11 is 0. The molecule has 9 heterocycles. The van der Waals surface area contributed by atoms with Crippen molar-refractivity contribution < 1.29 is 0 Å². The van der Waals surface area contributed by atoms with Gasteiger partial charge in [-0.05, 0) is 93.0 Å². The number of hydrogen-bond acceptors (Lipinski definition) is 2. The Labute approximate surface area is 355 Å². The number of anilines is 5. The molecule has 0 saturated carbocycles. The van der Waals surface area contributed by atoms with E-state index in [0.717, 1.165) is 0 Å². The van der Waals surface area contributed by atoms with Crippen LogP contribution >= 0.6 is 0 Å². The number of nitrogens with zero attached hydrogens (tertiary/aromatic N) is 5. The van der Waals surface area contributed by atoms with Crippen LogP contribution < -0.4 is 37.0 Å². The maximum absolute atomic E-state index is 2.76. The molecule has 0 saturated heterocycles. The third kappa shape index (κ3) is 2.92. The van der Waals surface area contributed by atoms with Crippen molar-refractivity contribution in [2.45, 2.75) is 0 Å². The molecule has 0 unspecified atom stereocenters. The molecule has 9 aromatic carbocycles. The van der Waals surface area contributed by atoms with Crippen molar-refractivity contribution in [2.75, 3.05) is 9.71 Å². The third-order valence-corrected chi connectivity index (χ3v) is 15.9. The molecule has 278 valence electrons. The van der Waals surface area contributed by atoms with Gasteiger partial charge >= 0.3 is 20.7 Å². The molecule has 6 aliphatic heterocycles. The lowest BCUT2D eigenvalue weighted by atomic mass is 9.36. The molecule has 0 bridgehead atoms. The SMILES string of the molecule is c1ccc(N2B3c4c5c6c7c8c4-c4c9c(cc%10c%11ccccc%11n3c4%10)c3ccccc3n9B8c3ccccc3N7c3ccccc3B6n3c4ccccc4c4ccc2c-5c43)cc1. The molecule has 0 N–H and O–H groups in total. The highest BCUT2D eigenvalue weighted by Gasteiger charge is 2.57. The summed E-state index contributed by atoms with van der Waals surface area (Å²) in [5, 5.41) is 7.95. The van der Waals surface area contributed by atoms with Crippen LogP contribution in [0.3, 0.4) is 0 Å². The molecule has 0 spiro atoms. The van der Waals surface area contributed by atoms with E-state index in [0.29, 0.717) is 0 Å². The minimum absolute atomic E-state index is 0.0181. The Hall–Kier alpha value is -7.83. The monoisotopic (exact) mass is 779 g/mol. The predicted octanol–water partition coefficient (Wildman–Crippen LogP) is 9.08. The maximum atomic E-state index is 2.76. The largest absolute Gasteiger partial charge is 0.421 e. The van der Waals surface area contributed by atoms with E-state index < -0.39 is 0 Å². The standard InChI is InChI=1S/C54H28B3N5/c1-2-14-29(15-3-1)59-43-27-26-33-30-16-4-9-21-38(30)60-51(33)44(43)45-48-46-47-52-34(28-35-32-18-6-11-23-40(32)62(53(35)47)57(48)59)31-17-5-10-22-39(31)61(52)56-37-20-8-13-25-42(37)58-41-24-12-7-19-36(41)55(60)49(45)54(58)50(46)56/h1-28H. The van der Waals surface area contributed by atoms with E-state index >= 15 is 0 Å². The van der Waals surface area contributed by atoms with E-state index in [-0.39, 0.29) is 20.7 Å². The van der Waals surface area contributed by atoms with Crippen molar-refractivity contribution in [1.29, 1.82) is 0 Å². The van der Waals surface area contributed by atoms with Crippen molar-refractivity contribution in [2.24, 2.45) is 0 Å². The minimum Gasteiger partial charge on any atom is -0.375 e. The quantitative estimate of drug-likeness (QED) is 0.155. The van der Waals surface area contributed by atoms with Crippen LogP contribution in [0.15, 0.2) is 170 Å². The van der Waals surface area contributed by atoms with Gasteiger partial charge in [-0.2, -0.15) is 0 Å². The van der Waals surface area contributed by atoms with Crippen LogP contribution in [0.2, 0.25) is 0 Å². The molecule has 0 amide bonds. The molecule has 18 rings (SSSR count). The van der Waals surface area contributed by atoms with E-state index in [1.807, 2.05) is 0 Å². The average Bonchev–Trinajstić information content (AvgIpc) is 3.98. The van der Waals surface area contributed by atoms with Crippen LogP contribution in [-0.2, 0) is 0 Å². The van der Waals surface area contributed by atoms with Crippen LogP contribution in [0.25, 0.3) is 87.7 Å². The third-order valence-electron chi connectivity index (χ3n) is 15.9. The Morgan fingerprint density at radius 1 is 0.339 bits per heavy atom. The van der Waals surface area contributed by atoms with Gasteiger partial charge < -0.3 is 23.1 Å². The van der Waals surface area contributed by atoms with Gasteiger partial charge in [-0.25, -0.2) is 0 Å². The number of aromatic nitrogens is 3. The van der Waals surface area contributed by atoms with Gasteiger partial charge in [-0.1, -0.05) is 115 Å². The Morgan fingerprint density at radius 3 is 1.48 bits per heavy atom. The van der Waals surface area contributed by atoms with Gasteiger partial charge in [0.25, 0.3) is 0 Å². The van der Waals surface area contributed by atoms with E-state index in [9.17, 15) is 0 Å². The Balaban J connectivity index is 1.19. The lowest BCUT2D eigenvalue weighted by Gasteiger charge is -2.52. The first kappa shape index (κ1) is 30.2. The number of fused-ring (bicyclic) bond motifs is 18. The highest BCUT2D eigenvalue weighted by atomic mass is 15.2. The zero-order chi connectivity index (χ0) is 39.4. The zero-order valence-electron chi connectivity index (χ0n) is 33.1. The fraction of sp³-hybridized carbons (Fsp3) is 0. The van der Waals surface area contributed by atoms with Crippen LogP contribution in [0, 0.1) is 0 Å². The van der Waals surface area contributed by atoms with Gasteiger partial charge in [-0.15, -0.1) is 0 Å². The van der Waals surface area contributed by atoms with Crippen molar-refractivity contribution >= 4 is 142 Å². The van der Waals surface area contributed by atoms with Crippen LogP contribution in [0.5, 0.6) is 0 Å². The second-order valence-corrected chi connectivity index (χ2v) is 18.2. The lowest BCUT2D eigenvalue weighted by molar-refractivity contribution is 1.20. The summed E-state index contributed by atoms with van der Waals surface area (Å²) in [4.78, 5) is 5.39. The van der Waals surface area contributed by atoms with Crippen LogP contribution in [0.1, 0.15) is 0 Å². The summed E-state index contributed by atoms with van der Waals surface area (Å²) in [5.74, 6) is 0. The second kappa shape index (κ2) is 9.70. The Kier molecular flexibility index (Phi) is 4.73. The first-order valence-electron chi connectivity index (χ1n) is 22.0. The molecule has 5 nitrogen and oxygen atoms in total. The van der Waals surface area contributed by atoms with E-state index in [1.54, 1.807) is 0 Å². The molecule has 12 aromatic rings. The second-order valence-electron chi connectivity index (χ2n) is 18.2. The van der Waals surface area contributed by atoms with E-state index in [2.05, 4.69) is 193 Å². The van der Waals surface area contributed by atoms with Gasteiger partial charge in [0.1, 0.15) is 0 Å². The van der Waals surface area contributed by atoms with Gasteiger partial charge in [0, 0.05) is 105 Å². The van der Waals surface area contributed by atoms with Crippen LogP contribution in [0.4, 0.5) is 28.4 Å². The fourth-order valence-corrected chi connectivity index (χ4v) is 14.0. The summed E-state index contributed by atoms with van der Waals surface area (Å²) in [6.45, 7) is -0.165. The van der Waals surface area contributed by atoms with E-state index in [1.165, 1.54) is 143 Å². The maximum Gasteiger partial charge on any atom is 0.421 e. The minimum atomic E-state index is -0.128. The number of hydrogen-bond donors (Lipinski definition) is 0. The number of benzene rings is 9. The fourth-order valence-electron chi connectivity index (χ4n) is 14.0. The molecule has 0 aliphatic carbocycles. The van der Waals surface area contributed by atoms with Gasteiger partial charge in [0.15, 0.2) is 0 Å². The molecule has 0 fully saturated rings. The molecule has 6 aliphatic rings. The predicted molar refractivity (Wildman–Crippen MR) is 261 cm³/mol. The van der Waals surface area contributed by atoms with Crippen molar-refractivity contribution in [3.05, 3.63) is 170 Å². The van der Waals surface area contributed by atoms with Gasteiger partial charge in [-0.3, -0.25) is 0 Å². The molecule has 0 atom stereocenters. The number of rotatable bonds is 1. The highest BCUT2D eigenvalue weighted by Crippen LogP contribution is 2.57. The van der Waals surface area contributed by atoms with Gasteiger partial charge in [0.05, 0.1) is 0 Å². The first-order valence-corrected chi connectivity index (χ1v) is 22.0. The van der Waals surface area contributed by atoms with Crippen molar-refractivity contribution in [1.82, 2.24) is 13.4 Å². The summed E-state index contributed by atoms with van der Waals surface area (Å²) in [6.07, 6.45) is 0. The molecule has 3 aromatic heterocycles. The Bertz CT molecular complexity index is 4220. The van der Waals surface area contributed by atoms with Crippen molar-refractivity contribution in [3.63, 3.8) is 0 Å². The molecule has 62 heavy (non-hydrogen) atoms. The van der Waals surface area contributed by atoms with Crippen molar-refractivity contribution in [3.8, 4) is 22.3 Å². The molecular formula is C54H28B3N5. The summed E-state index contributed by atoms with van der Waals surface area (Å²) in [5.41, 5.74) is 27.0. The number of para-hydroxylation sites is 6. The molecule has 8 heteroatoms. The van der Waals surface area contributed by atoms with Crippen LogP contribution in [-0.4, -0.2) is 34.1 Å². The topological polar surface area (TPSA) is 21.3 Å². The lowest BCUT2D eigenvalue weighted by Crippen LogP contribution is -2.70. The smallest absolute Gasteiger partial charge is 0.375 e. The zero-order valence-corrected chi connectivity index (χ0v) is 33.1. The Morgan fingerprint density at radius 2 is 0.839 bits per heavy atom. The normalized spacial score (nSPS) is 14.9. The highest BCUT2D eigenvalue weighted by molar-refractivity contribution is 6.98. The average molecular weight is 779 g/mol. The molecular weight excluding hydrogens is 751 g/mol. The van der Waals surface area contributed by atoms with E-state index in [4.69, 9.17) is 0 Å². The molecule has 0 radical (unpaired) electrons. The summed E-state index contributed by atoms with van der Waals surface area (Å²) in [7, 11) is 0. The van der Waals surface area contributed by atoms with Gasteiger partial charge in [0.2, 0.25) is 0 Å². The summed E-state index contributed by atoms with van der Waals surface area (Å²) in [6, 6.07) is 64.9. The first-order chi connectivity index (χ1) is 30.9. The summed E-state index contributed by atoms with van der Waals surface area (Å²) < 4.78 is 8.26.